The van der Waals surface area contributed by atoms with E-state index in [1.54, 1.807) is 44.2 Å². The Morgan fingerprint density at radius 1 is 0.735 bits per heavy atom. The molecule has 0 atom stereocenters. The minimum absolute atomic E-state index is 0.150. The first-order chi connectivity index (χ1) is 16.3. The highest BCUT2D eigenvalue weighted by Crippen LogP contribution is 2.28. The van der Waals surface area contributed by atoms with Gasteiger partial charge in [-0.2, -0.15) is 0 Å². The van der Waals surface area contributed by atoms with Crippen molar-refractivity contribution >= 4 is 11.9 Å². The van der Waals surface area contributed by atoms with E-state index in [0.717, 1.165) is 0 Å². The Balaban J connectivity index is 0.000000641. The maximum atomic E-state index is 11.9. The summed E-state index contributed by atoms with van der Waals surface area (Å²) >= 11 is 0. The Morgan fingerprint density at radius 2 is 1.12 bits per heavy atom. The lowest BCUT2D eigenvalue weighted by atomic mass is 9.82. The highest BCUT2D eigenvalue weighted by Gasteiger charge is 2.38. The molecule has 0 saturated heterocycles. The first kappa shape index (κ1) is 32.1. The number of aliphatic carboxylic acids is 1. The van der Waals surface area contributed by atoms with Crippen molar-refractivity contribution in [2.24, 2.45) is 5.41 Å². The van der Waals surface area contributed by atoms with Gasteiger partial charge in [-0.25, -0.2) is 0 Å². The summed E-state index contributed by atoms with van der Waals surface area (Å²) in [4.78, 5) is 23.0. The molecule has 0 aliphatic heterocycles. The molecule has 5 heteroatoms. The Kier molecular flexibility index (Phi) is 17.4. The third kappa shape index (κ3) is 11.0. The predicted octanol–water partition coefficient (Wildman–Crippen LogP) is 6.15. The molecular weight excluding hydrogens is 426 g/mol. The van der Waals surface area contributed by atoms with Crippen molar-refractivity contribution in [3.63, 3.8) is 0 Å². The molecule has 0 spiro atoms. The van der Waals surface area contributed by atoms with Crippen molar-refractivity contribution in [2.75, 3.05) is 26.2 Å². The topological polar surface area (TPSA) is 66.4 Å². The second-order valence-corrected chi connectivity index (χ2v) is 9.43. The molecule has 0 N–H and O–H groups in total. The smallest absolute Gasteiger partial charge is 0.323 e. The van der Waals surface area contributed by atoms with Crippen LogP contribution in [0.3, 0.4) is 0 Å². The highest BCUT2D eigenvalue weighted by atomic mass is 16.5. The van der Waals surface area contributed by atoms with Gasteiger partial charge in [-0.1, -0.05) is 85.4 Å². The molecule has 34 heavy (non-hydrogen) atoms. The molecule has 0 aromatic heterocycles. The lowest BCUT2D eigenvalue weighted by molar-refractivity contribution is -0.929. The molecule has 0 aliphatic rings. The maximum Gasteiger partial charge on any atom is 0.323 e. The number of rotatable bonds is 17. The van der Waals surface area contributed by atoms with E-state index in [0.29, 0.717) is 5.75 Å². The molecule has 196 valence electrons. The first-order valence-electron chi connectivity index (χ1n) is 13.6. The summed E-state index contributed by atoms with van der Waals surface area (Å²) in [6.45, 7) is 18.3. The summed E-state index contributed by atoms with van der Waals surface area (Å²) in [6, 6.07) is 8.40. The first-order valence-corrected chi connectivity index (χ1v) is 13.6. The van der Waals surface area contributed by atoms with Gasteiger partial charge in [-0.05, 0) is 50.7 Å². The number of quaternary nitrogens is 1. The Hall–Kier alpha value is -1.88. The standard InChI is InChI=1S/C16H36N.C13H16O4/c1-5-9-13-17(14-10-6-2,15-11-7-3)16-12-8-4;1-3-13(4-2,11(14)15)12(16)17-10-8-6-5-7-9-10/h5-16H2,1-4H3;5-9H,3-4H2,1-2H3,(H,14,15)/q+1;/p-1. The molecule has 0 radical (unpaired) electrons. The Labute approximate surface area is 209 Å². The van der Waals surface area contributed by atoms with Crippen LogP contribution in [0.1, 0.15) is 106 Å². The second-order valence-electron chi connectivity index (χ2n) is 9.43. The molecule has 0 saturated carbocycles. The Morgan fingerprint density at radius 3 is 1.41 bits per heavy atom. The fourth-order valence-electron chi connectivity index (χ4n) is 4.25. The van der Waals surface area contributed by atoms with Gasteiger partial charge in [0.15, 0.2) is 0 Å². The summed E-state index contributed by atoms with van der Waals surface area (Å²) in [6.07, 6.45) is 11.4. The number of para-hydroxylation sites is 1. The summed E-state index contributed by atoms with van der Waals surface area (Å²) in [5.74, 6) is -1.82. The number of benzene rings is 1. The Bertz CT molecular complexity index is 618. The van der Waals surface area contributed by atoms with E-state index in [4.69, 9.17) is 4.74 Å². The van der Waals surface area contributed by atoms with Gasteiger partial charge in [0, 0.05) is 0 Å². The zero-order valence-electron chi connectivity index (χ0n) is 22.9. The third-order valence-corrected chi connectivity index (χ3v) is 6.89. The number of nitrogens with zero attached hydrogens (tertiary/aromatic N) is 1. The van der Waals surface area contributed by atoms with Crippen LogP contribution < -0.4 is 9.84 Å². The van der Waals surface area contributed by atoms with Crippen LogP contribution >= 0.6 is 0 Å². The zero-order valence-corrected chi connectivity index (χ0v) is 22.9. The van der Waals surface area contributed by atoms with Gasteiger partial charge < -0.3 is 19.1 Å². The van der Waals surface area contributed by atoms with E-state index in [1.807, 2.05) is 0 Å². The van der Waals surface area contributed by atoms with Crippen molar-refractivity contribution in [3.05, 3.63) is 30.3 Å². The van der Waals surface area contributed by atoms with Gasteiger partial charge in [0.1, 0.15) is 11.2 Å². The normalized spacial score (nSPS) is 11.5. The number of hydrogen-bond acceptors (Lipinski definition) is 4. The molecule has 1 rings (SSSR count). The highest BCUT2D eigenvalue weighted by molar-refractivity contribution is 5.99. The lowest BCUT2D eigenvalue weighted by Crippen LogP contribution is -2.50. The van der Waals surface area contributed by atoms with Gasteiger partial charge in [-0.15, -0.1) is 0 Å². The minimum Gasteiger partial charge on any atom is -0.549 e. The average Bonchev–Trinajstić information content (AvgIpc) is 2.85. The minimum atomic E-state index is -1.56. The average molecular weight is 478 g/mol. The third-order valence-electron chi connectivity index (χ3n) is 6.89. The van der Waals surface area contributed by atoms with E-state index >= 15 is 0 Å². The number of esters is 1. The monoisotopic (exact) mass is 477 g/mol. The molecule has 5 nitrogen and oxygen atoms in total. The largest absolute Gasteiger partial charge is 0.549 e. The van der Waals surface area contributed by atoms with Gasteiger partial charge in [0.05, 0.1) is 32.1 Å². The van der Waals surface area contributed by atoms with E-state index in [9.17, 15) is 14.7 Å². The zero-order chi connectivity index (χ0) is 25.9. The van der Waals surface area contributed by atoms with Crippen LogP contribution in [0.15, 0.2) is 30.3 Å². The van der Waals surface area contributed by atoms with Crippen molar-refractivity contribution in [1.82, 2.24) is 0 Å². The number of unbranched alkanes of at least 4 members (excludes halogenated alkanes) is 4. The van der Waals surface area contributed by atoms with E-state index < -0.39 is 17.4 Å². The summed E-state index contributed by atoms with van der Waals surface area (Å²) in [7, 11) is 0. The number of carbonyl (C=O) groups excluding carboxylic acids is 2. The molecule has 0 amide bonds. The summed E-state index contributed by atoms with van der Waals surface area (Å²) < 4.78 is 6.48. The van der Waals surface area contributed by atoms with E-state index in [1.165, 1.54) is 82.0 Å². The van der Waals surface area contributed by atoms with Crippen LogP contribution in [-0.2, 0) is 9.59 Å². The molecule has 0 heterocycles. The number of carboxylic acid groups (broad SMARTS) is 1. The van der Waals surface area contributed by atoms with Gasteiger partial charge in [-0.3, -0.25) is 4.79 Å². The van der Waals surface area contributed by atoms with Crippen molar-refractivity contribution in [2.45, 2.75) is 106 Å². The number of ether oxygens (including phenoxy) is 1. The predicted molar refractivity (Wildman–Crippen MR) is 139 cm³/mol. The number of carbonyl (C=O) groups is 2. The second kappa shape index (κ2) is 18.4. The van der Waals surface area contributed by atoms with E-state index in [2.05, 4.69) is 27.7 Å². The van der Waals surface area contributed by atoms with Crippen LogP contribution in [0.5, 0.6) is 5.75 Å². The van der Waals surface area contributed by atoms with Crippen LogP contribution in [0.4, 0.5) is 0 Å². The molecular formula is C29H51NO4. The SMILES string of the molecule is CCC(CC)(C(=O)[O-])C(=O)Oc1ccccc1.CCCC[N+](CCCC)(CCCC)CCCC. The molecule has 1 aromatic rings. The van der Waals surface area contributed by atoms with Crippen molar-refractivity contribution < 1.29 is 23.9 Å². The van der Waals surface area contributed by atoms with Gasteiger partial charge in [0.2, 0.25) is 0 Å². The van der Waals surface area contributed by atoms with Crippen molar-refractivity contribution in [1.29, 1.82) is 0 Å². The lowest BCUT2D eigenvalue weighted by Gasteiger charge is -2.39. The fourth-order valence-corrected chi connectivity index (χ4v) is 4.25. The molecule has 0 aliphatic carbocycles. The van der Waals surface area contributed by atoms with Gasteiger partial charge >= 0.3 is 5.97 Å². The van der Waals surface area contributed by atoms with Crippen LogP contribution in [0.2, 0.25) is 0 Å². The van der Waals surface area contributed by atoms with Gasteiger partial charge in [0.25, 0.3) is 0 Å². The molecule has 0 bridgehead atoms. The quantitative estimate of drug-likeness (QED) is 0.117. The fraction of sp³-hybridized carbons (Fsp3) is 0.724. The van der Waals surface area contributed by atoms with E-state index in [-0.39, 0.29) is 12.8 Å². The summed E-state index contributed by atoms with van der Waals surface area (Å²) in [5, 5.41) is 11.1. The van der Waals surface area contributed by atoms with Crippen LogP contribution in [0.25, 0.3) is 0 Å². The maximum absolute atomic E-state index is 11.9. The molecule has 0 fully saturated rings. The van der Waals surface area contributed by atoms with Crippen molar-refractivity contribution in [3.8, 4) is 5.75 Å². The number of hydrogen-bond donors (Lipinski definition) is 0. The molecule has 1 aromatic carbocycles. The molecule has 0 unspecified atom stereocenters. The van der Waals surface area contributed by atoms with Crippen LogP contribution in [0, 0.1) is 5.41 Å². The van der Waals surface area contributed by atoms with Crippen LogP contribution in [-0.4, -0.2) is 42.6 Å². The number of carboxylic acids is 1. The summed E-state index contributed by atoms with van der Waals surface area (Å²) in [5.41, 5.74) is -1.56.